The Hall–Kier alpha value is -1.12. The minimum Gasteiger partial charge on any atom is -0.330 e. The summed E-state index contributed by atoms with van der Waals surface area (Å²) < 4.78 is 65.0. The first kappa shape index (κ1) is 17.2. The standard InChI is InChI=1S/C14H19F3N2O2S/c15-14(16,17)11-4-3-6-13(10-11)22(20,21)19-9-2-1-5-12(19)7-8-18/h3-4,6,10,12H,1-2,5,7-9,18H2. The average molecular weight is 336 g/mol. The van der Waals surface area contributed by atoms with Crippen LogP contribution in [-0.2, 0) is 16.2 Å². The summed E-state index contributed by atoms with van der Waals surface area (Å²) >= 11 is 0. The highest BCUT2D eigenvalue weighted by atomic mass is 32.2. The van der Waals surface area contributed by atoms with Crippen LogP contribution in [0.15, 0.2) is 29.2 Å². The Balaban J connectivity index is 2.37. The second kappa shape index (κ2) is 6.55. The highest BCUT2D eigenvalue weighted by Crippen LogP contribution is 2.32. The van der Waals surface area contributed by atoms with Gasteiger partial charge in [0.15, 0.2) is 0 Å². The molecule has 1 aromatic rings. The number of halogens is 3. The molecule has 0 spiro atoms. The van der Waals surface area contributed by atoms with Gasteiger partial charge in [-0.2, -0.15) is 17.5 Å². The number of alkyl halides is 3. The second-order valence-corrected chi connectivity index (χ2v) is 7.26. The number of nitrogens with two attached hydrogens (primary N) is 1. The van der Waals surface area contributed by atoms with Crippen LogP contribution in [0.2, 0.25) is 0 Å². The summed E-state index contributed by atoms with van der Waals surface area (Å²) in [6.45, 7) is 0.669. The molecule has 0 aromatic heterocycles. The van der Waals surface area contributed by atoms with E-state index in [9.17, 15) is 21.6 Å². The molecule has 2 N–H and O–H groups in total. The summed E-state index contributed by atoms with van der Waals surface area (Å²) in [5.41, 5.74) is 4.56. The van der Waals surface area contributed by atoms with E-state index in [4.69, 9.17) is 5.73 Å². The van der Waals surface area contributed by atoms with Crippen LogP contribution in [0.3, 0.4) is 0 Å². The van der Waals surface area contributed by atoms with E-state index in [1.54, 1.807) is 0 Å². The van der Waals surface area contributed by atoms with Crippen LogP contribution in [0.1, 0.15) is 31.2 Å². The molecule has 1 fully saturated rings. The third kappa shape index (κ3) is 3.61. The Bertz CT molecular complexity index is 615. The van der Waals surface area contributed by atoms with Gasteiger partial charge in [0.1, 0.15) is 0 Å². The maximum absolute atomic E-state index is 12.8. The van der Waals surface area contributed by atoms with E-state index in [1.807, 2.05) is 0 Å². The number of piperidine rings is 1. The molecule has 1 saturated heterocycles. The van der Waals surface area contributed by atoms with Crippen molar-refractivity contribution in [3.63, 3.8) is 0 Å². The molecule has 0 aliphatic carbocycles. The summed E-state index contributed by atoms with van der Waals surface area (Å²) in [5, 5.41) is 0. The smallest absolute Gasteiger partial charge is 0.330 e. The van der Waals surface area contributed by atoms with Crippen LogP contribution in [0.4, 0.5) is 13.2 Å². The molecule has 1 unspecified atom stereocenters. The van der Waals surface area contributed by atoms with Gasteiger partial charge in [-0.3, -0.25) is 0 Å². The molecule has 0 radical (unpaired) electrons. The lowest BCUT2D eigenvalue weighted by molar-refractivity contribution is -0.137. The number of nitrogens with zero attached hydrogens (tertiary/aromatic N) is 1. The van der Waals surface area contributed by atoms with Crippen LogP contribution < -0.4 is 5.73 Å². The van der Waals surface area contributed by atoms with Crippen molar-refractivity contribution >= 4 is 10.0 Å². The second-order valence-electron chi connectivity index (χ2n) is 5.37. The lowest BCUT2D eigenvalue weighted by atomic mass is 10.0. The predicted octanol–water partition coefficient (Wildman–Crippen LogP) is 2.60. The fourth-order valence-corrected chi connectivity index (χ4v) is 4.51. The Morgan fingerprint density at radius 1 is 1.27 bits per heavy atom. The summed E-state index contributed by atoms with van der Waals surface area (Å²) in [6.07, 6.45) is -1.75. The Kier molecular flexibility index (Phi) is 5.14. The van der Waals surface area contributed by atoms with Gasteiger partial charge >= 0.3 is 6.18 Å². The van der Waals surface area contributed by atoms with E-state index in [2.05, 4.69) is 0 Å². The normalized spacial score (nSPS) is 21.0. The molecule has 0 amide bonds. The molecule has 1 aromatic carbocycles. The molecule has 1 aliphatic rings. The highest BCUT2D eigenvalue weighted by Gasteiger charge is 2.35. The fraction of sp³-hybridized carbons (Fsp3) is 0.571. The van der Waals surface area contributed by atoms with Crippen LogP contribution in [0.5, 0.6) is 0 Å². The van der Waals surface area contributed by atoms with E-state index < -0.39 is 21.8 Å². The minimum atomic E-state index is -4.57. The number of hydrogen-bond acceptors (Lipinski definition) is 3. The summed E-state index contributed by atoms with van der Waals surface area (Å²) in [7, 11) is -3.94. The zero-order valence-electron chi connectivity index (χ0n) is 12.0. The molecular weight excluding hydrogens is 317 g/mol. The first-order chi connectivity index (χ1) is 10.3. The lowest BCUT2D eigenvalue weighted by Crippen LogP contribution is -2.44. The van der Waals surface area contributed by atoms with Crippen LogP contribution in [0, 0.1) is 0 Å². The van der Waals surface area contributed by atoms with Crippen molar-refractivity contribution in [2.75, 3.05) is 13.1 Å². The molecular formula is C14H19F3N2O2S. The van der Waals surface area contributed by atoms with Crippen LogP contribution in [0.25, 0.3) is 0 Å². The number of hydrogen-bond donors (Lipinski definition) is 1. The molecule has 1 aliphatic heterocycles. The Morgan fingerprint density at radius 2 is 2.00 bits per heavy atom. The summed E-state index contributed by atoms with van der Waals surface area (Å²) in [5.74, 6) is 0. The van der Waals surface area contributed by atoms with Crippen molar-refractivity contribution in [2.24, 2.45) is 5.73 Å². The van der Waals surface area contributed by atoms with Crippen molar-refractivity contribution in [3.05, 3.63) is 29.8 Å². The molecule has 1 atom stereocenters. The predicted molar refractivity (Wildman–Crippen MR) is 76.6 cm³/mol. The van der Waals surface area contributed by atoms with Crippen molar-refractivity contribution in [1.29, 1.82) is 0 Å². The molecule has 124 valence electrons. The van der Waals surface area contributed by atoms with E-state index in [1.165, 1.54) is 10.4 Å². The van der Waals surface area contributed by atoms with Gasteiger partial charge in [-0.15, -0.1) is 0 Å². The van der Waals surface area contributed by atoms with Gasteiger partial charge in [-0.1, -0.05) is 12.5 Å². The third-order valence-corrected chi connectivity index (χ3v) is 5.79. The number of rotatable bonds is 4. The molecule has 4 nitrogen and oxygen atoms in total. The van der Waals surface area contributed by atoms with Crippen LogP contribution >= 0.6 is 0 Å². The maximum Gasteiger partial charge on any atom is 0.416 e. The average Bonchev–Trinajstić information content (AvgIpc) is 2.47. The van der Waals surface area contributed by atoms with E-state index >= 15 is 0 Å². The topological polar surface area (TPSA) is 63.4 Å². The van der Waals surface area contributed by atoms with Crippen molar-refractivity contribution < 1.29 is 21.6 Å². The summed E-state index contributed by atoms with van der Waals surface area (Å²) in [4.78, 5) is -0.314. The van der Waals surface area contributed by atoms with E-state index in [0.717, 1.165) is 18.6 Å². The number of sulfonamides is 1. The van der Waals surface area contributed by atoms with Crippen molar-refractivity contribution in [3.8, 4) is 0 Å². The van der Waals surface area contributed by atoms with Gasteiger partial charge in [0, 0.05) is 12.6 Å². The molecule has 8 heteroatoms. The van der Waals surface area contributed by atoms with Gasteiger partial charge < -0.3 is 5.73 Å². The van der Waals surface area contributed by atoms with Gasteiger partial charge in [-0.05, 0) is 44.0 Å². The van der Waals surface area contributed by atoms with Gasteiger partial charge in [0.05, 0.1) is 10.5 Å². The molecule has 0 saturated carbocycles. The monoisotopic (exact) mass is 336 g/mol. The Morgan fingerprint density at radius 3 is 2.64 bits per heavy atom. The summed E-state index contributed by atoms with van der Waals surface area (Å²) in [6, 6.07) is 3.66. The quantitative estimate of drug-likeness (QED) is 0.919. The largest absolute Gasteiger partial charge is 0.416 e. The zero-order chi connectivity index (χ0) is 16.4. The molecule has 2 rings (SSSR count). The van der Waals surface area contributed by atoms with E-state index in [0.29, 0.717) is 38.4 Å². The van der Waals surface area contributed by atoms with Crippen molar-refractivity contribution in [1.82, 2.24) is 4.31 Å². The van der Waals surface area contributed by atoms with Gasteiger partial charge in [0.2, 0.25) is 10.0 Å². The minimum absolute atomic E-state index is 0.238. The van der Waals surface area contributed by atoms with E-state index in [-0.39, 0.29) is 10.9 Å². The molecule has 0 bridgehead atoms. The van der Waals surface area contributed by atoms with Gasteiger partial charge in [-0.25, -0.2) is 8.42 Å². The third-order valence-electron chi connectivity index (χ3n) is 3.84. The zero-order valence-corrected chi connectivity index (χ0v) is 12.8. The highest BCUT2D eigenvalue weighted by molar-refractivity contribution is 7.89. The first-order valence-electron chi connectivity index (χ1n) is 7.16. The first-order valence-corrected chi connectivity index (χ1v) is 8.60. The Labute approximate surface area is 128 Å². The number of benzene rings is 1. The molecule has 1 heterocycles. The SMILES string of the molecule is NCCC1CCCCN1S(=O)(=O)c1cccc(C(F)(F)F)c1. The van der Waals surface area contributed by atoms with Crippen molar-refractivity contribution in [2.45, 2.75) is 42.8 Å². The lowest BCUT2D eigenvalue weighted by Gasteiger charge is -2.34. The fourth-order valence-electron chi connectivity index (χ4n) is 2.74. The maximum atomic E-state index is 12.8. The van der Waals surface area contributed by atoms with Gasteiger partial charge in [0.25, 0.3) is 0 Å². The molecule has 22 heavy (non-hydrogen) atoms. The van der Waals surface area contributed by atoms with Crippen LogP contribution in [-0.4, -0.2) is 31.9 Å².